The van der Waals surface area contributed by atoms with E-state index in [1.165, 1.54) is 16.7 Å². The van der Waals surface area contributed by atoms with Crippen molar-refractivity contribution in [2.24, 2.45) is 0 Å². The summed E-state index contributed by atoms with van der Waals surface area (Å²) in [6, 6.07) is 15.4. The monoisotopic (exact) mass is 446 g/mol. The molecule has 2 N–H and O–H groups in total. The van der Waals surface area contributed by atoms with Gasteiger partial charge < -0.3 is 5.73 Å². The summed E-state index contributed by atoms with van der Waals surface area (Å²) < 4.78 is 41.6. The van der Waals surface area contributed by atoms with Crippen LogP contribution in [-0.4, -0.2) is 14.5 Å². The van der Waals surface area contributed by atoms with Crippen LogP contribution in [0.1, 0.15) is 11.1 Å². The SMILES string of the molecule is Cc1ccc(C(F)(F)F)cc1-n1c(=O)ccc2cnc3ccc(-c4ccc(N)nc4)cc3c21. The zero-order valence-electron chi connectivity index (χ0n) is 17.4. The fraction of sp³-hybridized carbons (Fsp3) is 0.0800. The fourth-order valence-electron chi connectivity index (χ4n) is 3.93. The average Bonchev–Trinajstić information content (AvgIpc) is 2.79. The Bertz CT molecular complexity index is 1590. The van der Waals surface area contributed by atoms with Gasteiger partial charge in [0, 0.05) is 34.8 Å². The van der Waals surface area contributed by atoms with E-state index in [0.717, 1.165) is 23.3 Å². The van der Waals surface area contributed by atoms with Gasteiger partial charge in [0.25, 0.3) is 5.56 Å². The molecule has 2 aromatic carbocycles. The van der Waals surface area contributed by atoms with Gasteiger partial charge in [-0.15, -0.1) is 0 Å². The quantitative estimate of drug-likeness (QED) is 0.363. The van der Waals surface area contributed by atoms with Crippen molar-refractivity contribution >= 4 is 27.6 Å². The lowest BCUT2D eigenvalue weighted by molar-refractivity contribution is -0.137. The molecule has 5 rings (SSSR count). The van der Waals surface area contributed by atoms with E-state index in [2.05, 4.69) is 9.97 Å². The number of aryl methyl sites for hydroxylation is 1. The number of nitrogen functional groups attached to an aromatic ring is 1. The second-order valence-corrected chi connectivity index (χ2v) is 7.77. The van der Waals surface area contributed by atoms with Crippen molar-refractivity contribution in [2.75, 3.05) is 5.73 Å². The summed E-state index contributed by atoms with van der Waals surface area (Å²) in [5.41, 5.74) is 7.87. The van der Waals surface area contributed by atoms with Crippen molar-refractivity contribution < 1.29 is 13.2 Å². The minimum atomic E-state index is -4.53. The van der Waals surface area contributed by atoms with Crippen molar-refractivity contribution in [3.63, 3.8) is 0 Å². The van der Waals surface area contributed by atoms with E-state index in [0.29, 0.717) is 33.2 Å². The minimum absolute atomic E-state index is 0.174. The van der Waals surface area contributed by atoms with Crippen molar-refractivity contribution in [1.29, 1.82) is 0 Å². The number of aromatic nitrogens is 3. The van der Waals surface area contributed by atoms with E-state index in [1.807, 2.05) is 18.2 Å². The van der Waals surface area contributed by atoms with E-state index in [-0.39, 0.29) is 5.69 Å². The molecule has 5 aromatic rings. The second-order valence-electron chi connectivity index (χ2n) is 7.77. The van der Waals surface area contributed by atoms with Gasteiger partial charge in [0.1, 0.15) is 5.82 Å². The van der Waals surface area contributed by atoms with Crippen LogP contribution in [0.2, 0.25) is 0 Å². The van der Waals surface area contributed by atoms with Crippen molar-refractivity contribution in [1.82, 2.24) is 14.5 Å². The van der Waals surface area contributed by atoms with Crippen LogP contribution in [0.25, 0.3) is 38.6 Å². The van der Waals surface area contributed by atoms with Crippen LogP contribution in [0.5, 0.6) is 0 Å². The van der Waals surface area contributed by atoms with Crippen LogP contribution in [0.15, 0.2) is 77.9 Å². The second kappa shape index (κ2) is 7.44. The molecule has 5 nitrogen and oxygen atoms in total. The Balaban J connectivity index is 1.87. The van der Waals surface area contributed by atoms with E-state index < -0.39 is 17.3 Å². The molecule has 33 heavy (non-hydrogen) atoms. The molecule has 0 aliphatic heterocycles. The lowest BCUT2D eigenvalue weighted by Crippen LogP contribution is -2.19. The molecule has 3 aromatic heterocycles. The number of fused-ring (bicyclic) bond motifs is 3. The van der Waals surface area contributed by atoms with E-state index in [9.17, 15) is 18.0 Å². The molecule has 0 unspecified atom stereocenters. The zero-order chi connectivity index (χ0) is 23.3. The Morgan fingerprint density at radius 1 is 0.879 bits per heavy atom. The number of nitrogens with zero attached hydrogens (tertiary/aromatic N) is 3. The molecule has 0 radical (unpaired) electrons. The average molecular weight is 446 g/mol. The maximum absolute atomic E-state index is 13.4. The van der Waals surface area contributed by atoms with E-state index >= 15 is 0 Å². The molecule has 0 spiro atoms. The smallest absolute Gasteiger partial charge is 0.384 e. The van der Waals surface area contributed by atoms with Crippen molar-refractivity contribution in [3.05, 3.63) is 94.5 Å². The molecule has 0 aliphatic carbocycles. The summed E-state index contributed by atoms with van der Waals surface area (Å²) in [5.74, 6) is 0.389. The first kappa shape index (κ1) is 20.7. The van der Waals surface area contributed by atoms with Crippen LogP contribution in [0.3, 0.4) is 0 Å². The van der Waals surface area contributed by atoms with Gasteiger partial charge >= 0.3 is 6.18 Å². The number of alkyl halides is 3. The summed E-state index contributed by atoms with van der Waals surface area (Å²) >= 11 is 0. The van der Waals surface area contributed by atoms with Crippen molar-refractivity contribution in [2.45, 2.75) is 13.1 Å². The Hall–Kier alpha value is -4.20. The van der Waals surface area contributed by atoms with Gasteiger partial charge in [-0.3, -0.25) is 14.3 Å². The largest absolute Gasteiger partial charge is 0.416 e. The molecule has 0 atom stereocenters. The number of anilines is 1. The molecule has 0 aliphatic rings. The highest BCUT2D eigenvalue weighted by Crippen LogP contribution is 2.34. The third kappa shape index (κ3) is 3.59. The van der Waals surface area contributed by atoms with Crippen LogP contribution < -0.4 is 11.3 Å². The van der Waals surface area contributed by atoms with Crippen molar-refractivity contribution in [3.8, 4) is 16.8 Å². The van der Waals surface area contributed by atoms with Gasteiger partial charge in [-0.1, -0.05) is 12.1 Å². The Morgan fingerprint density at radius 3 is 2.39 bits per heavy atom. The van der Waals surface area contributed by atoms with Crippen LogP contribution in [0.4, 0.5) is 19.0 Å². The highest BCUT2D eigenvalue weighted by Gasteiger charge is 2.31. The third-order valence-corrected chi connectivity index (χ3v) is 5.61. The predicted octanol–water partition coefficient (Wildman–Crippen LogP) is 5.51. The number of benzene rings is 2. The summed E-state index contributed by atoms with van der Waals surface area (Å²) in [7, 11) is 0. The first-order valence-electron chi connectivity index (χ1n) is 10.1. The zero-order valence-corrected chi connectivity index (χ0v) is 17.4. The van der Waals surface area contributed by atoms with Gasteiger partial charge in [0.2, 0.25) is 0 Å². The van der Waals surface area contributed by atoms with E-state index in [1.54, 1.807) is 37.5 Å². The number of hydrogen-bond donors (Lipinski definition) is 1. The van der Waals surface area contributed by atoms with Crippen LogP contribution in [0, 0.1) is 6.92 Å². The fourth-order valence-corrected chi connectivity index (χ4v) is 3.93. The maximum Gasteiger partial charge on any atom is 0.416 e. The number of pyridine rings is 3. The molecular weight excluding hydrogens is 429 g/mol. The normalized spacial score (nSPS) is 11.9. The Morgan fingerprint density at radius 2 is 1.67 bits per heavy atom. The summed E-state index contributed by atoms with van der Waals surface area (Å²) in [4.78, 5) is 21.6. The van der Waals surface area contributed by atoms with Crippen LogP contribution >= 0.6 is 0 Å². The highest BCUT2D eigenvalue weighted by atomic mass is 19.4. The van der Waals surface area contributed by atoms with Gasteiger partial charge in [0.05, 0.1) is 22.3 Å². The van der Waals surface area contributed by atoms with Gasteiger partial charge in [-0.05, 0) is 60.5 Å². The van der Waals surface area contributed by atoms with Gasteiger partial charge in [-0.2, -0.15) is 13.2 Å². The predicted molar refractivity (Wildman–Crippen MR) is 122 cm³/mol. The van der Waals surface area contributed by atoms with Gasteiger partial charge in [-0.25, -0.2) is 4.98 Å². The molecule has 0 amide bonds. The maximum atomic E-state index is 13.4. The topological polar surface area (TPSA) is 73.8 Å². The first-order valence-corrected chi connectivity index (χ1v) is 10.1. The lowest BCUT2D eigenvalue weighted by atomic mass is 10.0. The lowest BCUT2D eigenvalue weighted by Gasteiger charge is -2.17. The third-order valence-electron chi connectivity index (χ3n) is 5.61. The number of halogens is 3. The minimum Gasteiger partial charge on any atom is -0.384 e. The van der Waals surface area contributed by atoms with Crippen LogP contribution in [-0.2, 0) is 6.18 Å². The molecule has 8 heteroatoms. The first-order chi connectivity index (χ1) is 15.7. The number of rotatable bonds is 2. The molecular formula is C25H17F3N4O. The molecule has 3 heterocycles. The Kier molecular flexibility index (Phi) is 4.67. The standard InChI is InChI=1S/C25H17F3N4O/c1-14-2-6-18(25(26,27)28)11-21(14)32-23(33)9-5-17-13-30-20-7-3-15(10-19(20)24(17)32)16-4-8-22(29)31-12-16/h2-13H,1H3,(H2,29,31). The summed E-state index contributed by atoms with van der Waals surface area (Å²) in [6.45, 7) is 1.68. The summed E-state index contributed by atoms with van der Waals surface area (Å²) in [5, 5.41) is 1.27. The molecule has 0 fully saturated rings. The number of hydrogen-bond acceptors (Lipinski definition) is 4. The Labute approximate surface area is 186 Å². The highest BCUT2D eigenvalue weighted by molar-refractivity contribution is 6.05. The molecule has 0 saturated carbocycles. The van der Waals surface area contributed by atoms with Gasteiger partial charge in [0.15, 0.2) is 0 Å². The molecule has 164 valence electrons. The molecule has 0 bridgehead atoms. The van der Waals surface area contributed by atoms with E-state index in [4.69, 9.17) is 5.73 Å². The number of nitrogens with two attached hydrogens (primary N) is 1. The summed E-state index contributed by atoms with van der Waals surface area (Å²) in [6.07, 6.45) is -1.28. The molecule has 0 saturated heterocycles.